The van der Waals surface area contributed by atoms with Gasteiger partial charge in [-0.05, 0) is 36.1 Å². The van der Waals surface area contributed by atoms with Gasteiger partial charge in [0.2, 0.25) is 0 Å². The van der Waals surface area contributed by atoms with E-state index in [2.05, 4.69) is 13.5 Å². The van der Waals surface area contributed by atoms with E-state index in [1.165, 1.54) is 21.8 Å². The summed E-state index contributed by atoms with van der Waals surface area (Å²) in [5, 5.41) is 0. The van der Waals surface area contributed by atoms with Crippen LogP contribution in [0.4, 0.5) is 10.5 Å². The molecule has 4 heteroatoms. The molecule has 0 unspecified atom stereocenters. The van der Waals surface area contributed by atoms with Crippen molar-refractivity contribution in [3.8, 4) is 0 Å². The Morgan fingerprint density at radius 2 is 2.11 bits per heavy atom. The first-order chi connectivity index (χ1) is 8.72. The maximum Gasteiger partial charge on any atom is 0.424 e. The van der Waals surface area contributed by atoms with Crippen LogP contribution in [0.15, 0.2) is 36.9 Å². The Morgan fingerprint density at radius 1 is 1.44 bits per heavy atom. The summed E-state index contributed by atoms with van der Waals surface area (Å²) in [5.74, 6) is 0. The lowest BCUT2D eigenvalue weighted by Crippen LogP contribution is -2.24. The molecule has 0 spiro atoms. The van der Waals surface area contributed by atoms with E-state index in [0.29, 0.717) is 0 Å². The molecular weight excluding hydrogens is 246 g/mol. The van der Waals surface area contributed by atoms with Crippen LogP contribution in [0, 0.1) is 0 Å². The third-order valence-corrected chi connectivity index (χ3v) is 3.11. The molecule has 0 radical (unpaired) electrons. The molecule has 1 amide bonds. The van der Waals surface area contributed by atoms with Gasteiger partial charge in [0.1, 0.15) is 6.61 Å². The van der Waals surface area contributed by atoms with Crippen LogP contribution >= 0.6 is 11.9 Å². The van der Waals surface area contributed by atoms with E-state index in [0.717, 1.165) is 18.5 Å². The third kappa shape index (κ3) is 4.11. The zero-order valence-corrected chi connectivity index (χ0v) is 11.7. The Labute approximate surface area is 113 Å². The van der Waals surface area contributed by atoms with Crippen molar-refractivity contribution in [2.45, 2.75) is 19.8 Å². The van der Waals surface area contributed by atoms with E-state index in [9.17, 15) is 4.79 Å². The molecule has 1 rings (SSSR count). The zero-order valence-electron chi connectivity index (χ0n) is 10.9. The van der Waals surface area contributed by atoms with Gasteiger partial charge in [0.15, 0.2) is 0 Å². The van der Waals surface area contributed by atoms with Gasteiger partial charge in [-0.3, -0.25) is 0 Å². The fourth-order valence-electron chi connectivity index (χ4n) is 1.56. The van der Waals surface area contributed by atoms with Gasteiger partial charge in [0.05, 0.1) is 5.69 Å². The second kappa shape index (κ2) is 7.82. The molecule has 0 aromatic heterocycles. The number of ether oxygens (including phenoxy) is 1. The average molecular weight is 265 g/mol. The molecule has 0 saturated heterocycles. The fraction of sp³-hybridized carbons (Fsp3) is 0.357. The summed E-state index contributed by atoms with van der Waals surface area (Å²) in [6.45, 7) is 5.89. The van der Waals surface area contributed by atoms with Crippen LogP contribution in [0.25, 0.3) is 0 Å². The smallest absolute Gasteiger partial charge is 0.424 e. The van der Waals surface area contributed by atoms with Gasteiger partial charge >= 0.3 is 6.09 Å². The van der Waals surface area contributed by atoms with Crippen molar-refractivity contribution in [2.75, 3.05) is 17.2 Å². The topological polar surface area (TPSA) is 29.5 Å². The normalized spacial score (nSPS) is 9.89. The summed E-state index contributed by atoms with van der Waals surface area (Å²) < 4.78 is 6.55. The van der Waals surface area contributed by atoms with Crippen LogP contribution < -0.4 is 4.31 Å². The van der Waals surface area contributed by atoms with Gasteiger partial charge in [-0.2, -0.15) is 0 Å². The van der Waals surface area contributed by atoms with Gasteiger partial charge in [0.25, 0.3) is 0 Å². The van der Waals surface area contributed by atoms with Crippen LogP contribution in [0.5, 0.6) is 0 Å². The SMILES string of the molecule is C=CCOC(=O)N(SC)c1ccc(CCC)cc1. The second-order valence-electron chi connectivity index (χ2n) is 3.76. The number of nitrogens with zero attached hydrogens (tertiary/aromatic N) is 1. The molecule has 0 aliphatic heterocycles. The van der Waals surface area contributed by atoms with E-state index in [1.807, 2.05) is 30.5 Å². The largest absolute Gasteiger partial charge is 0.444 e. The van der Waals surface area contributed by atoms with Crippen molar-refractivity contribution in [3.63, 3.8) is 0 Å². The van der Waals surface area contributed by atoms with Crippen molar-refractivity contribution in [2.24, 2.45) is 0 Å². The lowest BCUT2D eigenvalue weighted by molar-refractivity contribution is 0.171. The molecule has 0 saturated carbocycles. The first-order valence-corrected chi connectivity index (χ1v) is 7.12. The summed E-state index contributed by atoms with van der Waals surface area (Å²) >= 11 is 1.33. The number of aryl methyl sites for hydroxylation is 1. The summed E-state index contributed by atoms with van der Waals surface area (Å²) in [4.78, 5) is 11.8. The van der Waals surface area contributed by atoms with E-state index in [-0.39, 0.29) is 12.7 Å². The molecule has 0 atom stereocenters. The number of benzene rings is 1. The highest BCUT2D eigenvalue weighted by atomic mass is 32.2. The molecule has 1 aromatic carbocycles. The average Bonchev–Trinajstić information content (AvgIpc) is 2.39. The first kappa shape index (κ1) is 14.6. The van der Waals surface area contributed by atoms with Gasteiger partial charge in [0, 0.05) is 6.26 Å². The molecule has 18 heavy (non-hydrogen) atoms. The Kier molecular flexibility index (Phi) is 6.36. The van der Waals surface area contributed by atoms with Crippen LogP contribution in [0.1, 0.15) is 18.9 Å². The highest BCUT2D eigenvalue weighted by Crippen LogP contribution is 2.22. The highest BCUT2D eigenvalue weighted by molar-refractivity contribution is 8.00. The number of hydrogen-bond donors (Lipinski definition) is 0. The molecule has 0 N–H and O–H groups in total. The molecule has 0 fully saturated rings. The first-order valence-electron chi connectivity index (χ1n) is 5.93. The van der Waals surface area contributed by atoms with Crippen LogP contribution in [-0.2, 0) is 11.2 Å². The quantitative estimate of drug-likeness (QED) is 0.574. The van der Waals surface area contributed by atoms with Crippen molar-refractivity contribution in [1.82, 2.24) is 0 Å². The maximum atomic E-state index is 11.8. The van der Waals surface area contributed by atoms with Crippen molar-refractivity contribution >= 4 is 23.7 Å². The molecule has 0 bridgehead atoms. The Hall–Kier alpha value is -1.42. The molecule has 0 heterocycles. The Bertz CT molecular complexity index is 389. The standard InChI is InChI=1S/C14H19NO2S/c1-4-6-12-7-9-13(10-8-12)15(18-3)14(16)17-11-5-2/h5,7-10H,2,4,6,11H2,1,3H3. The lowest BCUT2D eigenvalue weighted by atomic mass is 10.1. The number of carbonyl (C=O) groups is 1. The molecule has 1 aromatic rings. The van der Waals surface area contributed by atoms with Crippen molar-refractivity contribution < 1.29 is 9.53 Å². The molecule has 3 nitrogen and oxygen atoms in total. The lowest BCUT2D eigenvalue weighted by Gasteiger charge is -2.18. The monoisotopic (exact) mass is 265 g/mol. The van der Waals surface area contributed by atoms with Crippen LogP contribution in [-0.4, -0.2) is 19.0 Å². The van der Waals surface area contributed by atoms with Crippen molar-refractivity contribution in [1.29, 1.82) is 0 Å². The molecule has 98 valence electrons. The number of amides is 1. The summed E-state index contributed by atoms with van der Waals surface area (Å²) in [5.41, 5.74) is 2.11. The summed E-state index contributed by atoms with van der Waals surface area (Å²) in [6, 6.07) is 7.97. The van der Waals surface area contributed by atoms with E-state index in [4.69, 9.17) is 4.74 Å². The van der Waals surface area contributed by atoms with E-state index < -0.39 is 0 Å². The minimum absolute atomic E-state index is 0.226. The van der Waals surface area contributed by atoms with Gasteiger partial charge in [-0.25, -0.2) is 9.10 Å². The van der Waals surface area contributed by atoms with Gasteiger partial charge in [-0.1, -0.05) is 38.1 Å². The Balaban J connectivity index is 2.75. The van der Waals surface area contributed by atoms with Crippen LogP contribution in [0.2, 0.25) is 0 Å². The minimum atomic E-state index is -0.370. The minimum Gasteiger partial charge on any atom is -0.444 e. The van der Waals surface area contributed by atoms with E-state index in [1.54, 1.807) is 6.08 Å². The maximum absolute atomic E-state index is 11.8. The number of carbonyl (C=O) groups excluding carboxylic acids is 1. The second-order valence-corrected chi connectivity index (χ2v) is 4.49. The molecule has 0 aliphatic rings. The van der Waals surface area contributed by atoms with Crippen molar-refractivity contribution in [3.05, 3.63) is 42.5 Å². The third-order valence-electron chi connectivity index (χ3n) is 2.38. The number of hydrogen-bond acceptors (Lipinski definition) is 3. The van der Waals surface area contributed by atoms with Gasteiger partial charge in [-0.15, -0.1) is 0 Å². The zero-order chi connectivity index (χ0) is 13.4. The number of rotatable bonds is 6. The summed E-state index contributed by atoms with van der Waals surface area (Å²) in [7, 11) is 0. The predicted molar refractivity (Wildman–Crippen MR) is 78.0 cm³/mol. The predicted octanol–water partition coefficient (Wildman–Crippen LogP) is 4.05. The van der Waals surface area contributed by atoms with E-state index >= 15 is 0 Å². The highest BCUT2D eigenvalue weighted by Gasteiger charge is 2.15. The summed E-state index contributed by atoms with van der Waals surface area (Å²) in [6.07, 6.45) is 5.20. The molecular formula is C14H19NO2S. The molecule has 0 aliphatic carbocycles. The fourth-order valence-corrected chi connectivity index (χ4v) is 2.10. The Morgan fingerprint density at radius 3 is 2.61 bits per heavy atom. The van der Waals surface area contributed by atoms with Gasteiger partial charge < -0.3 is 4.74 Å². The number of anilines is 1. The van der Waals surface area contributed by atoms with Crippen LogP contribution in [0.3, 0.4) is 0 Å².